The number of nitrogens with one attached hydrogen (secondary N) is 1. The number of aromatic nitrogens is 4. The van der Waals surface area contributed by atoms with Crippen LogP contribution in [0, 0.1) is 13.8 Å². The van der Waals surface area contributed by atoms with Crippen molar-refractivity contribution in [1.29, 1.82) is 0 Å². The Morgan fingerprint density at radius 1 is 1.33 bits per heavy atom. The topological polar surface area (TPSA) is 72.8 Å². The van der Waals surface area contributed by atoms with Crippen molar-refractivity contribution in [3.63, 3.8) is 0 Å². The highest BCUT2D eigenvalue weighted by molar-refractivity contribution is 5.71. The van der Waals surface area contributed by atoms with E-state index in [1.54, 1.807) is 6.20 Å². The molecular weight excluding hydrogens is 268 g/mol. The fourth-order valence-corrected chi connectivity index (χ4v) is 2.14. The number of aryl methyl sites for hydroxylation is 2. The van der Waals surface area contributed by atoms with Crippen LogP contribution in [-0.2, 0) is 6.54 Å². The predicted molar refractivity (Wildman–Crippen MR) is 79.6 cm³/mol. The summed E-state index contributed by atoms with van der Waals surface area (Å²) in [4.78, 5) is 19.0. The van der Waals surface area contributed by atoms with Crippen molar-refractivity contribution < 1.29 is 4.74 Å². The first kappa shape index (κ1) is 13.4. The van der Waals surface area contributed by atoms with Crippen molar-refractivity contribution >= 4 is 11.0 Å². The molecule has 0 radical (unpaired) electrons. The zero-order chi connectivity index (χ0) is 14.8. The molecule has 0 aliphatic carbocycles. The molecule has 0 amide bonds. The predicted octanol–water partition coefficient (Wildman–Crippen LogP) is 1.82. The van der Waals surface area contributed by atoms with E-state index in [1.807, 2.05) is 32.0 Å². The molecule has 1 N–H and O–H groups in total. The number of ether oxygens (including phenoxy) is 1. The Labute approximate surface area is 121 Å². The van der Waals surface area contributed by atoms with Gasteiger partial charge in [-0.05, 0) is 31.0 Å². The smallest absolute Gasteiger partial charge is 0.294 e. The Bertz CT molecular complexity index is 835. The Morgan fingerprint density at radius 3 is 3.05 bits per heavy atom. The van der Waals surface area contributed by atoms with Gasteiger partial charge in [-0.3, -0.25) is 4.79 Å². The summed E-state index contributed by atoms with van der Waals surface area (Å²) in [6.45, 7) is 4.78. The van der Waals surface area contributed by atoms with E-state index in [4.69, 9.17) is 4.74 Å². The number of H-pyrrole nitrogens is 1. The average Bonchev–Trinajstić information content (AvgIpc) is 2.94. The van der Waals surface area contributed by atoms with Gasteiger partial charge < -0.3 is 9.72 Å². The Hall–Kier alpha value is -2.63. The Balaban J connectivity index is 1.73. The van der Waals surface area contributed by atoms with Gasteiger partial charge in [0.2, 0.25) is 0 Å². The molecule has 6 heteroatoms. The molecule has 108 valence electrons. The van der Waals surface area contributed by atoms with Crippen LogP contribution in [-0.4, -0.2) is 26.4 Å². The van der Waals surface area contributed by atoms with Crippen LogP contribution in [0.5, 0.6) is 5.75 Å². The minimum Gasteiger partial charge on any atom is -0.491 e. The maximum absolute atomic E-state index is 12.1. The van der Waals surface area contributed by atoms with Gasteiger partial charge in [-0.15, -0.1) is 0 Å². The lowest BCUT2D eigenvalue weighted by molar-refractivity contribution is 0.286. The summed E-state index contributed by atoms with van der Waals surface area (Å²) in [6.07, 6.45) is 3.09. The molecule has 3 rings (SSSR count). The van der Waals surface area contributed by atoms with E-state index in [0.29, 0.717) is 24.2 Å². The molecule has 3 aromatic rings. The molecule has 6 nitrogen and oxygen atoms in total. The third-order valence-electron chi connectivity index (χ3n) is 3.34. The zero-order valence-electron chi connectivity index (χ0n) is 12.0. The second-order valence-corrected chi connectivity index (χ2v) is 4.96. The van der Waals surface area contributed by atoms with Crippen LogP contribution in [0.1, 0.15) is 11.1 Å². The summed E-state index contributed by atoms with van der Waals surface area (Å²) in [5.41, 5.74) is 3.05. The minimum absolute atomic E-state index is 0.210. The third-order valence-corrected chi connectivity index (χ3v) is 3.34. The third kappa shape index (κ3) is 2.65. The molecule has 0 saturated heterocycles. The fourth-order valence-electron chi connectivity index (χ4n) is 2.14. The van der Waals surface area contributed by atoms with Gasteiger partial charge in [0.05, 0.1) is 24.6 Å². The van der Waals surface area contributed by atoms with E-state index in [-0.39, 0.29) is 5.56 Å². The maximum Gasteiger partial charge on any atom is 0.294 e. The lowest BCUT2D eigenvalue weighted by Crippen LogP contribution is -2.25. The van der Waals surface area contributed by atoms with Crippen LogP contribution in [0.25, 0.3) is 11.0 Å². The highest BCUT2D eigenvalue weighted by atomic mass is 16.5. The van der Waals surface area contributed by atoms with Gasteiger partial charge in [0.15, 0.2) is 5.52 Å². The van der Waals surface area contributed by atoms with Gasteiger partial charge in [-0.1, -0.05) is 12.1 Å². The second kappa shape index (κ2) is 5.40. The number of nitrogens with zero attached hydrogens (tertiary/aromatic N) is 3. The largest absolute Gasteiger partial charge is 0.491 e. The van der Waals surface area contributed by atoms with E-state index in [0.717, 1.165) is 16.9 Å². The van der Waals surface area contributed by atoms with E-state index < -0.39 is 0 Å². The Kier molecular flexibility index (Phi) is 3.43. The lowest BCUT2D eigenvalue weighted by Gasteiger charge is -2.10. The molecule has 0 bridgehead atoms. The molecule has 0 atom stereocenters. The van der Waals surface area contributed by atoms with Gasteiger partial charge in [-0.25, -0.2) is 9.67 Å². The highest BCUT2D eigenvalue weighted by Gasteiger charge is 2.06. The standard InChI is InChI=1S/C15H16N4O2/c1-10-3-4-11(2)13(7-10)21-6-5-19-15(20)14-12(8-18-19)16-9-17-14/h3-4,7-9H,5-6H2,1-2H3,(H,16,17). The summed E-state index contributed by atoms with van der Waals surface area (Å²) >= 11 is 0. The molecule has 0 aliphatic rings. The first-order chi connectivity index (χ1) is 10.1. The van der Waals surface area contributed by atoms with Crippen molar-refractivity contribution in [3.05, 3.63) is 52.2 Å². The van der Waals surface area contributed by atoms with Crippen molar-refractivity contribution in [3.8, 4) is 5.75 Å². The normalized spacial score (nSPS) is 11.0. The van der Waals surface area contributed by atoms with Crippen molar-refractivity contribution in [2.45, 2.75) is 20.4 Å². The van der Waals surface area contributed by atoms with Crippen LogP contribution >= 0.6 is 0 Å². The molecule has 2 heterocycles. The number of rotatable bonds is 4. The first-order valence-electron chi connectivity index (χ1n) is 6.74. The monoisotopic (exact) mass is 284 g/mol. The number of hydrogen-bond donors (Lipinski definition) is 1. The number of benzene rings is 1. The van der Waals surface area contributed by atoms with E-state index in [9.17, 15) is 4.79 Å². The molecule has 0 spiro atoms. The fraction of sp³-hybridized carbons (Fsp3) is 0.267. The Morgan fingerprint density at radius 2 is 2.19 bits per heavy atom. The van der Waals surface area contributed by atoms with Gasteiger partial charge in [0, 0.05) is 0 Å². The summed E-state index contributed by atoms with van der Waals surface area (Å²) in [6, 6.07) is 6.05. The van der Waals surface area contributed by atoms with Crippen molar-refractivity contribution in [2.24, 2.45) is 0 Å². The highest BCUT2D eigenvalue weighted by Crippen LogP contribution is 2.18. The van der Waals surface area contributed by atoms with Crippen LogP contribution < -0.4 is 10.3 Å². The molecule has 0 aliphatic heterocycles. The van der Waals surface area contributed by atoms with E-state index in [2.05, 4.69) is 15.1 Å². The number of imidazole rings is 1. The second-order valence-electron chi connectivity index (χ2n) is 4.96. The maximum atomic E-state index is 12.1. The molecule has 0 unspecified atom stereocenters. The van der Waals surface area contributed by atoms with Gasteiger partial charge in [-0.2, -0.15) is 5.10 Å². The molecule has 1 aromatic carbocycles. The van der Waals surface area contributed by atoms with Crippen LogP contribution in [0.3, 0.4) is 0 Å². The van der Waals surface area contributed by atoms with Crippen LogP contribution in [0.4, 0.5) is 0 Å². The van der Waals surface area contributed by atoms with Crippen molar-refractivity contribution in [1.82, 2.24) is 19.7 Å². The van der Waals surface area contributed by atoms with Gasteiger partial charge in [0.1, 0.15) is 12.4 Å². The average molecular weight is 284 g/mol. The quantitative estimate of drug-likeness (QED) is 0.793. The molecule has 2 aromatic heterocycles. The summed E-state index contributed by atoms with van der Waals surface area (Å²) in [7, 11) is 0. The van der Waals surface area contributed by atoms with Crippen LogP contribution in [0.15, 0.2) is 35.5 Å². The summed E-state index contributed by atoms with van der Waals surface area (Å²) in [5.74, 6) is 0.837. The number of fused-ring (bicyclic) bond motifs is 1. The van der Waals surface area contributed by atoms with E-state index in [1.165, 1.54) is 11.0 Å². The number of hydrogen-bond acceptors (Lipinski definition) is 4. The van der Waals surface area contributed by atoms with Crippen molar-refractivity contribution in [2.75, 3.05) is 6.61 Å². The van der Waals surface area contributed by atoms with Crippen LogP contribution in [0.2, 0.25) is 0 Å². The molecule has 0 fully saturated rings. The number of aromatic amines is 1. The minimum atomic E-state index is -0.210. The molecule has 21 heavy (non-hydrogen) atoms. The summed E-state index contributed by atoms with van der Waals surface area (Å²) in [5, 5.41) is 4.10. The SMILES string of the molecule is Cc1ccc(C)c(OCCn2ncc3[nH]cnc3c2=O)c1. The van der Waals surface area contributed by atoms with E-state index >= 15 is 0 Å². The van der Waals surface area contributed by atoms with Gasteiger partial charge in [0.25, 0.3) is 5.56 Å². The zero-order valence-corrected chi connectivity index (χ0v) is 12.0. The molecule has 0 saturated carbocycles. The van der Waals surface area contributed by atoms with Gasteiger partial charge >= 0.3 is 0 Å². The first-order valence-corrected chi connectivity index (χ1v) is 6.74. The molecular formula is C15H16N4O2. The summed E-state index contributed by atoms with van der Waals surface area (Å²) < 4.78 is 7.11. The lowest BCUT2D eigenvalue weighted by atomic mass is 10.1.